The minimum atomic E-state index is -1.06. The molecule has 1 atom stereocenters. The number of hydrogen-bond donors (Lipinski definition) is 1. The van der Waals surface area contributed by atoms with Gasteiger partial charge in [0, 0.05) is 30.2 Å². The number of rotatable bonds is 9. The largest absolute Gasteiger partial charge is 0.478 e. The number of hydrogen-bond acceptors (Lipinski definition) is 6. The van der Waals surface area contributed by atoms with Gasteiger partial charge in [0.2, 0.25) is 5.88 Å². The van der Waals surface area contributed by atoms with Gasteiger partial charge in [-0.25, -0.2) is 27.9 Å². The Labute approximate surface area is 249 Å². The maximum Gasteiger partial charge on any atom is 0.336 e. The summed E-state index contributed by atoms with van der Waals surface area (Å²) in [4.78, 5) is 20.7. The number of fused-ring (bicyclic) bond motifs is 1. The number of carbonyl (C=O) groups is 1. The SMILES string of the molecule is Cc1cc2nc(Cc3cc(F)c(-c4cccc(OCc5ccc(C#N)cc5F)n4)cc3F)n(C[C@@H]3CCO3)c2cc1C(=O)O. The second kappa shape index (κ2) is 11.8. The summed E-state index contributed by atoms with van der Waals surface area (Å²) in [5.74, 6) is -2.51. The third-order valence-corrected chi connectivity index (χ3v) is 7.63. The molecule has 0 spiro atoms. The Hall–Kier alpha value is -5.21. The molecular formula is C33H25F3N4O4. The highest BCUT2D eigenvalue weighted by atomic mass is 19.1. The molecule has 3 aromatic carbocycles. The van der Waals surface area contributed by atoms with Crippen LogP contribution in [0.15, 0.2) is 60.7 Å². The lowest BCUT2D eigenvalue weighted by molar-refractivity contribution is -0.0589. The number of halogens is 3. The quantitative estimate of drug-likeness (QED) is 0.210. The van der Waals surface area contributed by atoms with Crippen LogP contribution in [0.3, 0.4) is 0 Å². The van der Waals surface area contributed by atoms with Crippen LogP contribution in [0.4, 0.5) is 13.2 Å². The molecule has 0 saturated carbocycles. The van der Waals surface area contributed by atoms with Crippen LogP contribution < -0.4 is 4.74 Å². The van der Waals surface area contributed by atoms with Crippen molar-refractivity contribution in [2.24, 2.45) is 0 Å². The molecule has 1 N–H and O–H groups in total. The monoisotopic (exact) mass is 598 g/mol. The number of aryl methyl sites for hydroxylation is 1. The third kappa shape index (κ3) is 5.72. The van der Waals surface area contributed by atoms with Crippen molar-refractivity contribution in [1.29, 1.82) is 5.26 Å². The number of imidazole rings is 1. The van der Waals surface area contributed by atoms with Crippen molar-refractivity contribution < 1.29 is 32.5 Å². The minimum absolute atomic E-state index is 0.0430. The van der Waals surface area contributed by atoms with Gasteiger partial charge in [-0.2, -0.15) is 5.26 Å². The molecule has 3 heterocycles. The molecule has 0 bridgehead atoms. The Balaban J connectivity index is 1.27. The molecule has 6 rings (SSSR count). The number of carboxylic acid groups (broad SMARTS) is 1. The average molecular weight is 599 g/mol. The van der Waals surface area contributed by atoms with Crippen LogP contribution in [0, 0.1) is 35.7 Å². The molecule has 1 aliphatic rings. The van der Waals surface area contributed by atoms with Crippen molar-refractivity contribution in [3.8, 4) is 23.2 Å². The van der Waals surface area contributed by atoms with Gasteiger partial charge in [0.15, 0.2) is 0 Å². The van der Waals surface area contributed by atoms with E-state index in [0.29, 0.717) is 35.6 Å². The Morgan fingerprint density at radius 1 is 1.07 bits per heavy atom. The van der Waals surface area contributed by atoms with E-state index >= 15 is 8.78 Å². The van der Waals surface area contributed by atoms with Crippen molar-refractivity contribution in [2.75, 3.05) is 6.61 Å². The second-order valence-corrected chi connectivity index (χ2v) is 10.5. The maximum atomic E-state index is 15.5. The number of aromatic carboxylic acids is 1. The van der Waals surface area contributed by atoms with E-state index in [1.54, 1.807) is 25.1 Å². The van der Waals surface area contributed by atoms with Crippen LogP contribution in [0.25, 0.3) is 22.3 Å². The molecule has 11 heteroatoms. The summed E-state index contributed by atoms with van der Waals surface area (Å²) in [6, 6.07) is 15.9. The number of nitrogens with zero attached hydrogens (tertiary/aromatic N) is 4. The fraction of sp³-hybridized carbons (Fsp3) is 0.212. The summed E-state index contributed by atoms with van der Waals surface area (Å²) in [5, 5.41) is 18.5. The molecule has 44 heavy (non-hydrogen) atoms. The van der Waals surface area contributed by atoms with Crippen molar-refractivity contribution in [2.45, 2.75) is 39.0 Å². The standard InChI is InChI=1S/C33H25F3N4O4/c1-18-9-29-30(14-23(18)33(41)42)40(16-22-7-8-43-22)31(38-29)12-21-11-27(36)24(13-26(21)35)28-3-2-4-32(39-28)44-17-20-6-5-19(15-37)10-25(20)34/h2-6,9-11,13-14,22H,7-8,12,16-17H2,1H3,(H,41,42)/t22-/m0/s1. The first-order valence-electron chi connectivity index (χ1n) is 13.8. The normalized spacial score (nSPS) is 14.3. The summed E-state index contributed by atoms with van der Waals surface area (Å²) in [7, 11) is 0. The number of nitriles is 1. The third-order valence-electron chi connectivity index (χ3n) is 7.63. The fourth-order valence-corrected chi connectivity index (χ4v) is 5.15. The smallest absolute Gasteiger partial charge is 0.336 e. The van der Waals surface area contributed by atoms with E-state index in [9.17, 15) is 14.3 Å². The molecule has 5 aromatic rings. The van der Waals surface area contributed by atoms with Gasteiger partial charge in [-0.3, -0.25) is 0 Å². The van der Waals surface area contributed by atoms with E-state index in [1.807, 2.05) is 10.6 Å². The zero-order valence-corrected chi connectivity index (χ0v) is 23.5. The van der Waals surface area contributed by atoms with Crippen molar-refractivity contribution in [3.05, 3.63) is 112 Å². The van der Waals surface area contributed by atoms with Gasteiger partial charge < -0.3 is 19.1 Å². The summed E-state index contributed by atoms with van der Waals surface area (Å²) in [6.07, 6.45) is 0.698. The highest BCUT2D eigenvalue weighted by molar-refractivity contribution is 5.94. The van der Waals surface area contributed by atoms with Gasteiger partial charge in [-0.15, -0.1) is 0 Å². The van der Waals surface area contributed by atoms with Gasteiger partial charge in [0.05, 0.1) is 46.6 Å². The molecule has 2 aromatic heterocycles. The van der Waals surface area contributed by atoms with E-state index in [2.05, 4.69) is 9.97 Å². The number of ether oxygens (including phenoxy) is 2. The molecule has 1 aliphatic heterocycles. The lowest BCUT2D eigenvalue weighted by Gasteiger charge is -2.27. The zero-order valence-electron chi connectivity index (χ0n) is 23.5. The fourth-order valence-electron chi connectivity index (χ4n) is 5.15. The first-order chi connectivity index (χ1) is 21.2. The Morgan fingerprint density at radius 3 is 2.57 bits per heavy atom. The molecule has 0 radical (unpaired) electrons. The topological polar surface area (TPSA) is 110 Å². The lowest BCUT2D eigenvalue weighted by Crippen LogP contribution is -2.31. The highest BCUT2D eigenvalue weighted by Gasteiger charge is 2.24. The van der Waals surface area contributed by atoms with Crippen LogP contribution in [-0.2, 0) is 24.3 Å². The van der Waals surface area contributed by atoms with Crippen LogP contribution in [0.5, 0.6) is 5.88 Å². The zero-order chi connectivity index (χ0) is 31.0. The Morgan fingerprint density at radius 2 is 1.86 bits per heavy atom. The highest BCUT2D eigenvalue weighted by Crippen LogP contribution is 2.30. The van der Waals surface area contributed by atoms with Crippen molar-refractivity contribution >= 4 is 17.0 Å². The van der Waals surface area contributed by atoms with Crippen molar-refractivity contribution in [3.63, 3.8) is 0 Å². The molecule has 0 unspecified atom stereocenters. The summed E-state index contributed by atoms with van der Waals surface area (Å²) in [6.45, 7) is 2.53. The lowest BCUT2D eigenvalue weighted by atomic mass is 10.0. The van der Waals surface area contributed by atoms with E-state index in [4.69, 9.17) is 14.7 Å². The Bertz CT molecular complexity index is 1960. The van der Waals surface area contributed by atoms with Crippen molar-refractivity contribution in [1.82, 2.24) is 14.5 Å². The first kappa shape index (κ1) is 28.9. The van der Waals surface area contributed by atoms with Crippen LogP contribution in [0.2, 0.25) is 0 Å². The van der Waals surface area contributed by atoms with E-state index in [-0.39, 0.29) is 58.5 Å². The maximum absolute atomic E-state index is 15.5. The predicted molar refractivity (Wildman–Crippen MR) is 154 cm³/mol. The molecule has 0 amide bonds. The predicted octanol–water partition coefficient (Wildman–Crippen LogP) is 6.35. The van der Waals surface area contributed by atoms with Gasteiger partial charge in [-0.05, 0) is 66.9 Å². The first-order valence-corrected chi connectivity index (χ1v) is 13.8. The minimum Gasteiger partial charge on any atom is -0.478 e. The molecule has 1 fully saturated rings. The summed E-state index contributed by atoms with van der Waals surface area (Å²) < 4.78 is 58.2. The van der Waals surface area contributed by atoms with Gasteiger partial charge >= 0.3 is 5.97 Å². The van der Waals surface area contributed by atoms with E-state index < -0.39 is 23.4 Å². The number of aromatic nitrogens is 3. The average Bonchev–Trinajstić information content (AvgIpc) is 3.30. The van der Waals surface area contributed by atoms with E-state index in [1.165, 1.54) is 24.3 Å². The summed E-state index contributed by atoms with van der Waals surface area (Å²) >= 11 is 0. The summed E-state index contributed by atoms with van der Waals surface area (Å²) in [5.41, 5.74) is 2.32. The van der Waals surface area contributed by atoms with Crippen LogP contribution in [0.1, 0.15) is 44.9 Å². The molecule has 222 valence electrons. The Kier molecular flexibility index (Phi) is 7.76. The number of carboxylic acids is 1. The van der Waals surface area contributed by atoms with Crippen LogP contribution >= 0.6 is 0 Å². The van der Waals surface area contributed by atoms with Gasteiger partial charge in [0.25, 0.3) is 0 Å². The molecule has 1 saturated heterocycles. The number of pyridine rings is 1. The molecule has 8 nitrogen and oxygen atoms in total. The van der Waals surface area contributed by atoms with Crippen LogP contribution in [-0.4, -0.2) is 38.3 Å². The molecule has 0 aliphatic carbocycles. The second-order valence-electron chi connectivity index (χ2n) is 10.5. The van der Waals surface area contributed by atoms with Gasteiger partial charge in [0.1, 0.15) is 29.9 Å². The van der Waals surface area contributed by atoms with Gasteiger partial charge in [-0.1, -0.05) is 12.1 Å². The molecular weight excluding hydrogens is 573 g/mol. The number of benzene rings is 3. The van der Waals surface area contributed by atoms with E-state index in [0.717, 1.165) is 24.6 Å².